The second-order valence-corrected chi connectivity index (χ2v) is 26.8. The van der Waals surface area contributed by atoms with E-state index in [0.717, 1.165) is 24.7 Å². The third-order valence-electron chi connectivity index (χ3n) is 6.57. The summed E-state index contributed by atoms with van der Waals surface area (Å²) in [5.41, 5.74) is 0.205. The summed E-state index contributed by atoms with van der Waals surface area (Å²) in [7, 11) is 0. The summed E-state index contributed by atoms with van der Waals surface area (Å²) in [5.74, 6) is 2.16. The number of ether oxygens (including phenoxy) is 2. The van der Waals surface area contributed by atoms with Crippen molar-refractivity contribution in [1.82, 2.24) is 0 Å². The molecule has 1 aromatic heterocycles. The van der Waals surface area contributed by atoms with Gasteiger partial charge in [0.05, 0.1) is 0 Å². The zero-order valence-corrected chi connectivity index (χ0v) is 24.3. The van der Waals surface area contributed by atoms with E-state index < -0.39 is 18.4 Å². The Labute approximate surface area is 195 Å². The van der Waals surface area contributed by atoms with E-state index in [1.807, 2.05) is 11.3 Å². The summed E-state index contributed by atoms with van der Waals surface area (Å²) < 4.78 is 14.6. The van der Waals surface area contributed by atoms with Gasteiger partial charge in [0.2, 0.25) is 0 Å². The third-order valence-corrected chi connectivity index (χ3v) is 17.0. The van der Waals surface area contributed by atoms with Gasteiger partial charge in [-0.2, -0.15) is 0 Å². The maximum absolute atomic E-state index is 6.59. The second kappa shape index (κ2) is 13.6. The first-order chi connectivity index (χ1) is 14.4. The molecule has 4 heteroatoms. The molecule has 0 aliphatic carbocycles. The van der Waals surface area contributed by atoms with E-state index in [4.69, 9.17) is 9.47 Å². The van der Waals surface area contributed by atoms with Gasteiger partial charge in [0.25, 0.3) is 0 Å². The van der Waals surface area contributed by atoms with E-state index in [9.17, 15) is 0 Å². The van der Waals surface area contributed by atoms with E-state index >= 15 is 0 Å². The molecular formula is C26H48O2SSn. The Bertz CT molecular complexity index is 574. The van der Waals surface area contributed by atoms with Crippen LogP contribution in [0.5, 0.6) is 11.5 Å². The zero-order valence-electron chi connectivity index (χ0n) is 20.6. The number of hydrogen-bond acceptors (Lipinski definition) is 3. The topological polar surface area (TPSA) is 18.5 Å². The van der Waals surface area contributed by atoms with Crippen LogP contribution in [0.1, 0.15) is 104 Å². The van der Waals surface area contributed by atoms with Crippen molar-refractivity contribution in [2.24, 2.45) is 5.41 Å². The van der Waals surface area contributed by atoms with Crippen molar-refractivity contribution in [3.05, 3.63) is 5.38 Å². The fourth-order valence-electron chi connectivity index (χ4n) is 4.56. The van der Waals surface area contributed by atoms with Crippen LogP contribution in [0.4, 0.5) is 0 Å². The van der Waals surface area contributed by atoms with Gasteiger partial charge in [-0.15, -0.1) is 0 Å². The average molecular weight is 543 g/mol. The molecule has 0 bridgehead atoms. The maximum atomic E-state index is 6.59. The van der Waals surface area contributed by atoms with Crippen molar-refractivity contribution >= 4 is 32.6 Å². The van der Waals surface area contributed by atoms with Gasteiger partial charge >= 0.3 is 182 Å². The molecule has 0 amide bonds. The predicted molar refractivity (Wildman–Crippen MR) is 137 cm³/mol. The molecule has 0 spiro atoms. The number of fused-ring (bicyclic) bond motifs is 1. The van der Waals surface area contributed by atoms with Crippen LogP contribution in [0.25, 0.3) is 0 Å². The Morgan fingerprint density at radius 3 is 1.80 bits per heavy atom. The first kappa shape index (κ1) is 26.4. The summed E-state index contributed by atoms with van der Waals surface area (Å²) in [6, 6.07) is 0. The summed E-state index contributed by atoms with van der Waals surface area (Å²) in [5, 5.41) is 2.22. The first-order valence-electron chi connectivity index (χ1n) is 12.8. The van der Waals surface area contributed by atoms with Gasteiger partial charge in [-0.05, 0) is 0 Å². The van der Waals surface area contributed by atoms with Crippen LogP contribution in [-0.4, -0.2) is 31.6 Å². The van der Waals surface area contributed by atoms with Crippen molar-refractivity contribution in [1.29, 1.82) is 0 Å². The van der Waals surface area contributed by atoms with Gasteiger partial charge in [0, 0.05) is 0 Å². The molecule has 0 radical (unpaired) electrons. The Morgan fingerprint density at radius 1 is 0.767 bits per heavy atom. The van der Waals surface area contributed by atoms with Gasteiger partial charge in [-0.1, -0.05) is 13.8 Å². The molecule has 1 aliphatic heterocycles. The number of rotatable bonds is 15. The van der Waals surface area contributed by atoms with Crippen LogP contribution in [-0.2, 0) is 0 Å². The van der Waals surface area contributed by atoms with E-state index in [1.54, 1.807) is 0 Å². The molecule has 1 aromatic rings. The standard InChI is InChI=1S/C23H39O2S.3CH3.Sn/c1-3-5-7-9-11-13-15-23(16-14-12-10-8-6-4-2)19-24-21-17-26-18-22(21)25-20-23;;;;/h17H,3-16,19-20H2,1-2H3;3*1H3;. The Balaban J connectivity index is 1.96. The monoisotopic (exact) mass is 544 g/mol. The first-order valence-corrected chi connectivity index (χ1v) is 23.7. The van der Waals surface area contributed by atoms with E-state index in [1.165, 1.54) is 92.8 Å². The fraction of sp³-hybridized carbons (Fsp3) is 0.846. The molecule has 0 fully saturated rings. The molecule has 0 unspecified atom stereocenters. The van der Waals surface area contributed by atoms with Crippen LogP contribution in [0, 0.1) is 5.41 Å². The second-order valence-electron chi connectivity index (χ2n) is 10.6. The molecule has 174 valence electrons. The van der Waals surface area contributed by atoms with Gasteiger partial charge < -0.3 is 0 Å². The third kappa shape index (κ3) is 8.56. The molecular weight excluding hydrogens is 495 g/mol. The fourth-order valence-corrected chi connectivity index (χ4v) is 11.6. The van der Waals surface area contributed by atoms with Crippen molar-refractivity contribution in [2.75, 3.05) is 13.2 Å². The Kier molecular flexibility index (Phi) is 11.9. The number of unbranched alkanes of at least 4 members (excludes halogenated alkanes) is 10. The summed E-state index contributed by atoms with van der Waals surface area (Å²) >= 11 is -0.293. The minimum atomic E-state index is -2.18. The van der Waals surface area contributed by atoms with Gasteiger partial charge in [0.1, 0.15) is 0 Å². The normalized spacial score (nSPS) is 15.9. The van der Waals surface area contributed by atoms with Crippen molar-refractivity contribution in [3.63, 3.8) is 0 Å². The molecule has 0 saturated heterocycles. The Morgan fingerprint density at radius 2 is 1.27 bits per heavy atom. The van der Waals surface area contributed by atoms with Crippen LogP contribution in [0.2, 0.25) is 14.8 Å². The van der Waals surface area contributed by atoms with Gasteiger partial charge in [-0.3, -0.25) is 0 Å². The van der Waals surface area contributed by atoms with E-state index in [-0.39, 0.29) is 5.41 Å². The molecule has 0 N–H and O–H groups in total. The molecule has 2 nitrogen and oxygen atoms in total. The van der Waals surface area contributed by atoms with Gasteiger partial charge in [-0.25, -0.2) is 0 Å². The zero-order chi connectivity index (χ0) is 21.9. The minimum absolute atomic E-state index is 0.205. The van der Waals surface area contributed by atoms with Crippen molar-refractivity contribution < 1.29 is 9.47 Å². The SMILES string of the molecule is CCCCCCCCC1(CCCCCCCC)COc2cs[c]([Sn]([CH3])([CH3])[CH3])c2OC1. The Hall–Kier alpha value is 0.0987. The van der Waals surface area contributed by atoms with E-state index in [2.05, 4.69) is 34.0 Å². The molecule has 0 saturated carbocycles. The average Bonchev–Trinajstić information content (AvgIpc) is 3.05. The summed E-state index contributed by atoms with van der Waals surface area (Å²) in [4.78, 5) is 7.44. The summed E-state index contributed by atoms with van der Waals surface area (Å²) in [6.07, 6.45) is 18.9. The van der Waals surface area contributed by atoms with Crippen LogP contribution >= 0.6 is 11.3 Å². The predicted octanol–water partition coefficient (Wildman–Crippen LogP) is 8.55. The molecule has 2 rings (SSSR count). The molecule has 30 heavy (non-hydrogen) atoms. The van der Waals surface area contributed by atoms with Crippen LogP contribution in [0.15, 0.2) is 5.38 Å². The molecule has 1 aliphatic rings. The van der Waals surface area contributed by atoms with E-state index in [0.29, 0.717) is 0 Å². The number of hydrogen-bond donors (Lipinski definition) is 0. The van der Waals surface area contributed by atoms with Gasteiger partial charge in [0.15, 0.2) is 0 Å². The number of thiophene rings is 1. The molecule has 0 atom stereocenters. The summed E-state index contributed by atoms with van der Waals surface area (Å²) in [6.45, 7) is 6.30. The van der Waals surface area contributed by atoms with Crippen molar-refractivity contribution in [3.8, 4) is 11.5 Å². The van der Waals surface area contributed by atoms with Crippen LogP contribution < -0.4 is 12.4 Å². The van der Waals surface area contributed by atoms with Crippen molar-refractivity contribution in [2.45, 2.75) is 119 Å². The molecule has 2 heterocycles. The van der Waals surface area contributed by atoms with Crippen LogP contribution in [0.3, 0.4) is 0 Å². The molecule has 0 aromatic carbocycles. The quantitative estimate of drug-likeness (QED) is 0.163.